The summed E-state index contributed by atoms with van der Waals surface area (Å²) >= 11 is 1.38. The molecule has 0 aromatic heterocycles. The van der Waals surface area contributed by atoms with Gasteiger partial charge in [-0.3, -0.25) is 9.59 Å². The van der Waals surface area contributed by atoms with Crippen LogP contribution in [0, 0.1) is 5.82 Å². The smallest absolute Gasteiger partial charge is 0.315 e. The molecule has 124 valence electrons. The molecule has 1 aromatic rings. The summed E-state index contributed by atoms with van der Waals surface area (Å²) in [5, 5.41) is -0.197. The summed E-state index contributed by atoms with van der Waals surface area (Å²) in [6.07, 6.45) is 0. The third kappa shape index (κ3) is 4.13. The topological polar surface area (TPSA) is 46.6 Å². The number of hydrogen-bond donors (Lipinski definition) is 0. The van der Waals surface area contributed by atoms with Gasteiger partial charge in [-0.2, -0.15) is 0 Å². The molecule has 0 fully saturated rings. The van der Waals surface area contributed by atoms with Crippen LogP contribution in [0.25, 0.3) is 0 Å². The highest BCUT2D eigenvalue weighted by Crippen LogP contribution is 2.34. The minimum atomic E-state index is -0.305. The fourth-order valence-electron chi connectivity index (χ4n) is 2.42. The zero-order valence-electron chi connectivity index (χ0n) is 13.5. The van der Waals surface area contributed by atoms with E-state index in [1.807, 2.05) is 6.92 Å². The predicted molar refractivity (Wildman–Crippen MR) is 88.2 cm³/mol. The second kappa shape index (κ2) is 7.64. The van der Waals surface area contributed by atoms with Gasteiger partial charge in [0.05, 0.1) is 12.4 Å². The third-order valence-electron chi connectivity index (χ3n) is 3.76. The maximum Gasteiger partial charge on any atom is 0.315 e. The first kappa shape index (κ1) is 17.5. The van der Waals surface area contributed by atoms with Crippen LogP contribution in [-0.2, 0) is 20.9 Å². The Morgan fingerprint density at radius 1 is 1.30 bits per heavy atom. The van der Waals surface area contributed by atoms with Gasteiger partial charge in [0, 0.05) is 12.1 Å². The maximum atomic E-state index is 13.0. The molecule has 2 rings (SSSR count). The standard InChI is InChI=1S/C17H20FNO3S/c1-4-22-15(20)10-23-17-12(3)11(2)16(21)19(17)9-13-5-7-14(18)8-6-13/h5-8,17H,4,9-10H2,1-3H3. The number of esters is 1. The Morgan fingerprint density at radius 3 is 2.57 bits per heavy atom. The number of nitrogens with zero attached hydrogens (tertiary/aromatic N) is 1. The lowest BCUT2D eigenvalue weighted by Gasteiger charge is -2.26. The second-order valence-corrected chi connectivity index (χ2v) is 6.40. The minimum Gasteiger partial charge on any atom is -0.465 e. The molecule has 0 saturated heterocycles. The van der Waals surface area contributed by atoms with E-state index in [9.17, 15) is 14.0 Å². The van der Waals surface area contributed by atoms with E-state index in [2.05, 4.69) is 0 Å². The molecular formula is C17H20FNO3S. The van der Waals surface area contributed by atoms with Crippen molar-refractivity contribution < 1.29 is 18.7 Å². The van der Waals surface area contributed by atoms with Crippen molar-refractivity contribution in [3.05, 3.63) is 46.8 Å². The molecule has 6 heteroatoms. The fourth-order valence-corrected chi connectivity index (χ4v) is 3.57. The van der Waals surface area contributed by atoms with Crippen molar-refractivity contribution in [1.82, 2.24) is 4.90 Å². The SMILES string of the molecule is CCOC(=O)CSC1C(C)=C(C)C(=O)N1Cc1ccc(F)cc1. The van der Waals surface area contributed by atoms with Gasteiger partial charge in [-0.25, -0.2) is 4.39 Å². The maximum absolute atomic E-state index is 13.0. The monoisotopic (exact) mass is 337 g/mol. The summed E-state index contributed by atoms with van der Waals surface area (Å²) in [7, 11) is 0. The van der Waals surface area contributed by atoms with Crippen molar-refractivity contribution in [3.8, 4) is 0 Å². The Hall–Kier alpha value is -1.82. The van der Waals surface area contributed by atoms with Gasteiger partial charge in [-0.1, -0.05) is 12.1 Å². The number of rotatable bonds is 6. The van der Waals surface area contributed by atoms with Gasteiger partial charge in [0.2, 0.25) is 0 Å². The molecule has 1 amide bonds. The van der Waals surface area contributed by atoms with Gasteiger partial charge in [-0.15, -0.1) is 11.8 Å². The average molecular weight is 337 g/mol. The number of benzene rings is 1. The highest BCUT2D eigenvalue weighted by molar-refractivity contribution is 8.00. The van der Waals surface area contributed by atoms with E-state index in [0.717, 1.165) is 11.1 Å². The van der Waals surface area contributed by atoms with E-state index in [0.29, 0.717) is 18.7 Å². The van der Waals surface area contributed by atoms with Crippen molar-refractivity contribution in [1.29, 1.82) is 0 Å². The van der Waals surface area contributed by atoms with E-state index < -0.39 is 0 Å². The van der Waals surface area contributed by atoms with Crippen molar-refractivity contribution in [3.63, 3.8) is 0 Å². The first-order valence-electron chi connectivity index (χ1n) is 7.44. The Labute approximate surface area is 139 Å². The molecule has 0 saturated carbocycles. The molecular weight excluding hydrogens is 317 g/mol. The zero-order chi connectivity index (χ0) is 17.0. The Kier molecular flexibility index (Phi) is 5.82. The van der Waals surface area contributed by atoms with E-state index >= 15 is 0 Å². The molecule has 0 aliphatic carbocycles. The molecule has 1 heterocycles. The first-order valence-corrected chi connectivity index (χ1v) is 8.49. The van der Waals surface area contributed by atoms with Gasteiger partial charge in [-0.05, 0) is 44.0 Å². The number of carbonyl (C=O) groups excluding carboxylic acids is 2. The van der Waals surface area contributed by atoms with Crippen LogP contribution in [0.3, 0.4) is 0 Å². The Morgan fingerprint density at radius 2 is 1.96 bits per heavy atom. The highest BCUT2D eigenvalue weighted by atomic mass is 32.2. The number of thioether (sulfide) groups is 1. The molecule has 1 atom stereocenters. The summed E-state index contributed by atoms with van der Waals surface area (Å²) < 4.78 is 18.0. The van der Waals surface area contributed by atoms with Crippen molar-refractivity contribution in [2.45, 2.75) is 32.7 Å². The van der Waals surface area contributed by atoms with Crippen LogP contribution in [0.4, 0.5) is 4.39 Å². The van der Waals surface area contributed by atoms with Crippen LogP contribution < -0.4 is 0 Å². The summed E-state index contributed by atoms with van der Waals surface area (Å²) in [5.74, 6) is -0.450. The molecule has 1 aromatic carbocycles. The fraction of sp³-hybridized carbons (Fsp3) is 0.412. The molecule has 4 nitrogen and oxygen atoms in total. The van der Waals surface area contributed by atoms with Crippen LogP contribution in [0.5, 0.6) is 0 Å². The molecule has 1 aliphatic rings. The van der Waals surface area contributed by atoms with Crippen LogP contribution >= 0.6 is 11.8 Å². The lowest BCUT2D eigenvalue weighted by atomic mass is 10.2. The van der Waals surface area contributed by atoms with E-state index in [4.69, 9.17) is 4.74 Å². The van der Waals surface area contributed by atoms with Gasteiger partial charge in [0.1, 0.15) is 11.2 Å². The Balaban J connectivity index is 2.10. The predicted octanol–water partition coefficient (Wildman–Crippen LogP) is 3.13. The molecule has 0 bridgehead atoms. The van der Waals surface area contributed by atoms with E-state index in [-0.39, 0.29) is 28.8 Å². The highest BCUT2D eigenvalue weighted by Gasteiger charge is 2.35. The molecule has 1 aliphatic heterocycles. The average Bonchev–Trinajstić information content (AvgIpc) is 2.72. The van der Waals surface area contributed by atoms with Crippen LogP contribution in [0.15, 0.2) is 35.4 Å². The number of halogens is 1. The van der Waals surface area contributed by atoms with Gasteiger partial charge < -0.3 is 9.64 Å². The lowest BCUT2D eigenvalue weighted by Crippen LogP contribution is -2.33. The summed E-state index contributed by atoms with van der Waals surface area (Å²) in [6, 6.07) is 6.09. The minimum absolute atomic E-state index is 0.0480. The van der Waals surface area contributed by atoms with E-state index in [1.54, 1.807) is 30.9 Å². The summed E-state index contributed by atoms with van der Waals surface area (Å²) in [4.78, 5) is 25.7. The van der Waals surface area contributed by atoms with Gasteiger partial charge in [0.25, 0.3) is 5.91 Å². The van der Waals surface area contributed by atoms with Crippen molar-refractivity contribution >= 4 is 23.6 Å². The zero-order valence-corrected chi connectivity index (χ0v) is 14.3. The van der Waals surface area contributed by atoms with Crippen LogP contribution in [-0.4, -0.2) is 34.5 Å². The van der Waals surface area contributed by atoms with Crippen molar-refractivity contribution in [2.24, 2.45) is 0 Å². The number of carbonyl (C=O) groups is 2. The van der Waals surface area contributed by atoms with Crippen LogP contribution in [0.1, 0.15) is 26.3 Å². The molecule has 23 heavy (non-hydrogen) atoms. The molecule has 0 radical (unpaired) electrons. The van der Waals surface area contributed by atoms with Gasteiger partial charge in [0.15, 0.2) is 0 Å². The quantitative estimate of drug-likeness (QED) is 0.748. The lowest BCUT2D eigenvalue weighted by molar-refractivity contribution is -0.140. The first-order chi connectivity index (χ1) is 10.9. The number of ether oxygens (including phenoxy) is 1. The summed E-state index contributed by atoms with van der Waals surface area (Å²) in [6.45, 7) is 6.18. The Bertz CT molecular complexity index is 627. The van der Waals surface area contributed by atoms with E-state index in [1.165, 1.54) is 23.9 Å². The molecule has 1 unspecified atom stereocenters. The summed E-state index contributed by atoms with van der Waals surface area (Å²) in [5.41, 5.74) is 2.50. The second-order valence-electron chi connectivity index (χ2n) is 5.34. The number of hydrogen-bond acceptors (Lipinski definition) is 4. The third-order valence-corrected chi connectivity index (χ3v) is 5.08. The van der Waals surface area contributed by atoms with Crippen molar-refractivity contribution in [2.75, 3.05) is 12.4 Å². The largest absolute Gasteiger partial charge is 0.465 e. The van der Waals surface area contributed by atoms with Gasteiger partial charge >= 0.3 is 5.97 Å². The van der Waals surface area contributed by atoms with Crippen LogP contribution in [0.2, 0.25) is 0 Å². The number of amides is 1. The molecule has 0 N–H and O–H groups in total. The normalized spacial score (nSPS) is 17.8. The molecule has 0 spiro atoms.